The van der Waals surface area contributed by atoms with E-state index in [0.717, 1.165) is 6.20 Å². The molecule has 0 atom stereocenters. The minimum absolute atomic E-state index is 0.113. The summed E-state index contributed by atoms with van der Waals surface area (Å²) in [6.45, 7) is 0. The fourth-order valence-corrected chi connectivity index (χ4v) is 0.475. The quantitative estimate of drug-likeness (QED) is 0.562. The van der Waals surface area contributed by atoms with Crippen molar-refractivity contribution in [3.8, 4) is 0 Å². The second-order valence-corrected chi connectivity index (χ2v) is 1.50. The molecule has 0 N–H and O–H groups in total. The molecule has 1 aromatic heterocycles. The molecule has 1 radical (unpaired) electrons. The van der Waals surface area contributed by atoms with E-state index in [0.29, 0.717) is 0 Å². The highest BCUT2D eigenvalue weighted by molar-refractivity contribution is 5.18. The average Bonchev–Trinajstić information content (AvgIpc) is 1.90. The number of pyridine rings is 1. The van der Waals surface area contributed by atoms with Gasteiger partial charge in [-0.05, 0) is 12.1 Å². The maximum Gasteiger partial charge on any atom is 0.341 e. The number of halogens is 2. The molecular weight excluding hydrogens is 124 g/mol. The highest BCUT2D eigenvalue weighted by Crippen LogP contribution is 2.14. The van der Waals surface area contributed by atoms with Crippen molar-refractivity contribution in [1.29, 1.82) is 0 Å². The van der Waals surface area contributed by atoms with Gasteiger partial charge in [-0.15, -0.1) is 0 Å². The lowest BCUT2D eigenvalue weighted by Gasteiger charge is -1.91. The maximum atomic E-state index is 11.6. The summed E-state index contributed by atoms with van der Waals surface area (Å²) in [6.07, 6.45) is 0.880. The van der Waals surface area contributed by atoms with Crippen LogP contribution in [0.15, 0.2) is 24.5 Å². The Labute approximate surface area is 51.3 Å². The third-order valence-electron chi connectivity index (χ3n) is 0.880. The van der Waals surface area contributed by atoms with Crippen molar-refractivity contribution in [2.45, 2.75) is 0 Å². The molecule has 0 aliphatic rings. The molecule has 9 heavy (non-hydrogen) atoms. The number of nitrogens with zero attached hydrogens (tertiary/aromatic N) is 1. The van der Waals surface area contributed by atoms with Gasteiger partial charge in [0.15, 0.2) is 0 Å². The van der Waals surface area contributed by atoms with E-state index in [1.165, 1.54) is 18.3 Å². The lowest BCUT2D eigenvalue weighted by atomic mass is 10.3. The fourth-order valence-electron chi connectivity index (χ4n) is 0.475. The Kier molecular flexibility index (Phi) is 1.72. The molecule has 1 rings (SSSR count). The van der Waals surface area contributed by atoms with E-state index in [9.17, 15) is 8.78 Å². The van der Waals surface area contributed by atoms with Crippen LogP contribution in [-0.2, 0) is 0 Å². The first-order valence-corrected chi connectivity index (χ1v) is 2.39. The molecule has 0 amide bonds. The Balaban J connectivity index is 2.85. The van der Waals surface area contributed by atoms with E-state index in [1.807, 2.05) is 0 Å². The van der Waals surface area contributed by atoms with Crippen LogP contribution in [0.4, 0.5) is 8.78 Å². The number of aromatic nitrogens is 1. The molecule has 1 nitrogen and oxygen atoms in total. The monoisotopic (exact) mass is 128 g/mol. The van der Waals surface area contributed by atoms with Crippen LogP contribution in [0, 0.1) is 6.43 Å². The van der Waals surface area contributed by atoms with Crippen LogP contribution in [0.3, 0.4) is 0 Å². The molecule has 0 aliphatic carbocycles. The number of rotatable bonds is 1. The van der Waals surface area contributed by atoms with Gasteiger partial charge in [-0.1, -0.05) is 0 Å². The molecule has 1 heterocycles. The molecule has 0 unspecified atom stereocenters. The Morgan fingerprint density at radius 2 is 2.22 bits per heavy atom. The van der Waals surface area contributed by atoms with Crippen molar-refractivity contribution in [1.82, 2.24) is 4.98 Å². The second kappa shape index (κ2) is 2.53. The molecule has 1 aromatic rings. The smallest absolute Gasteiger partial charge is 0.264 e. The van der Waals surface area contributed by atoms with Gasteiger partial charge in [0.2, 0.25) is 0 Å². The summed E-state index contributed by atoms with van der Waals surface area (Å²) in [4.78, 5) is 3.51. The standard InChI is InChI=1S/C6H4F2N/c7-6(8)5-2-1-3-9-4-5/h1-4H. The zero-order valence-electron chi connectivity index (χ0n) is 4.51. The largest absolute Gasteiger partial charge is 0.341 e. The fraction of sp³-hybridized carbons (Fsp3) is 0. The zero-order chi connectivity index (χ0) is 6.69. The van der Waals surface area contributed by atoms with E-state index in [2.05, 4.69) is 4.98 Å². The van der Waals surface area contributed by atoms with Crippen molar-refractivity contribution in [3.63, 3.8) is 0 Å². The molecule has 47 valence electrons. The predicted molar refractivity (Wildman–Crippen MR) is 28.8 cm³/mol. The van der Waals surface area contributed by atoms with Crippen molar-refractivity contribution in [2.24, 2.45) is 0 Å². The van der Waals surface area contributed by atoms with Crippen LogP contribution in [0.5, 0.6) is 0 Å². The Bertz CT molecular complexity index is 174. The summed E-state index contributed by atoms with van der Waals surface area (Å²) in [6, 6.07) is 2.77. The number of hydrogen-bond donors (Lipinski definition) is 0. The zero-order valence-corrected chi connectivity index (χ0v) is 4.51. The first kappa shape index (κ1) is 6.13. The first-order valence-electron chi connectivity index (χ1n) is 2.39. The molecule has 0 spiro atoms. The molecule has 0 saturated carbocycles. The van der Waals surface area contributed by atoms with Crippen LogP contribution in [0.1, 0.15) is 5.56 Å². The van der Waals surface area contributed by atoms with Gasteiger partial charge < -0.3 is 0 Å². The Morgan fingerprint density at radius 3 is 2.56 bits per heavy atom. The summed E-state index contributed by atoms with van der Waals surface area (Å²) >= 11 is 0. The highest BCUT2D eigenvalue weighted by atomic mass is 19.3. The van der Waals surface area contributed by atoms with E-state index in [4.69, 9.17) is 0 Å². The van der Waals surface area contributed by atoms with Gasteiger partial charge in [0.1, 0.15) is 0 Å². The molecule has 0 aliphatic heterocycles. The van der Waals surface area contributed by atoms with Gasteiger partial charge >= 0.3 is 6.43 Å². The third-order valence-corrected chi connectivity index (χ3v) is 0.880. The van der Waals surface area contributed by atoms with E-state index >= 15 is 0 Å². The van der Waals surface area contributed by atoms with Crippen LogP contribution in [0.25, 0.3) is 0 Å². The van der Waals surface area contributed by atoms with Gasteiger partial charge in [0.25, 0.3) is 0 Å². The van der Waals surface area contributed by atoms with Gasteiger partial charge in [0, 0.05) is 18.0 Å². The molecule has 0 bridgehead atoms. The summed E-state index contributed by atoms with van der Waals surface area (Å²) in [7, 11) is 0. The summed E-state index contributed by atoms with van der Waals surface area (Å²) in [5, 5.41) is 0. The maximum absolute atomic E-state index is 11.6. The Morgan fingerprint density at radius 1 is 1.44 bits per heavy atom. The lowest BCUT2D eigenvalue weighted by Crippen LogP contribution is -1.83. The minimum Gasteiger partial charge on any atom is -0.264 e. The number of hydrogen-bond acceptors (Lipinski definition) is 1. The topological polar surface area (TPSA) is 12.9 Å². The van der Waals surface area contributed by atoms with Gasteiger partial charge in [-0.2, -0.15) is 8.78 Å². The molecule has 0 fully saturated rings. The van der Waals surface area contributed by atoms with E-state index in [1.54, 1.807) is 0 Å². The summed E-state index contributed by atoms with van der Waals surface area (Å²) in [5.41, 5.74) is -0.113. The van der Waals surface area contributed by atoms with Crippen LogP contribution in [-0.4, -0.2) is 4.98 Å². The Hall–Kier alpha value is -0.990. The van der Waals surface area contributed by atoms with Crippen LogP contribution in [0.2, 0.25) is 0 Å². The average molecular weight is 128 g/mol. The van der Waals surface area contributed by atoms with Crippen molar-refractivity contribution >= 4 is 0 Å². The molecule has 0 saturated heterocycles. The third kappa shape index (κ3) is 1.45. The van der Waals surface area contributed by atoms with Crippen molar-refractivity contribution < 1.29 is 8.78 Å². The second-order valence-electron chi connectivity index (χ2n) is 1.50. The highest BCUT2D eigenvalue weighted by Gasteiger charge is 2.06. The molecular formula is C6H4F2N. The van der Waals surface area contributed by atoms with Gasteiger partial charge in [-0.25, -0.2) is 0 Å². The van der Waals surface area contributed by atoms with Gasteiger partial charge in [-0.3, -0.25) is 4.98 Å². The van der Waals surface area contributed by atoms with Crippen molar-refractivity contribution in [3.05, 3.63) is 36.5 Å². The summed E-state index contributed by atoms with van der Waals surface area (Å²) in [5.74, 6) is 0. The minimum atomic E-state index is -1.69. The van der Waals surface area contributed by atoms with E-state index in [-0.39, 0.29) is 5.56 Å². The van der Waals surface area contributed by atoms with Gasteiger partial charge in [0.05, 0.1) is 0 Å². The first-order chi connectivity index (χ1) is 4.30. The van der Waals surface area contributed by atoms with Crippen LogP contribution < -0.4 is 0 Å². The van der Waals surface area contributed by atoms with Crippen molar-refractivity contribution in [2.75, 3.05) is 0 Å². The SMILES string of the molecule is F[C](F)c1cccnc1. The molecule has 3 heteroatoms. The normalized spacial score (nSPS) is 10.1. The summed E-state index contributed by atoms with van der Waals surface area (Å²) < 4.78 is 23.3. The van der Waals surface area contributed by atoms with E-state index < -0.39 is 6.43 Å². The molecule has 0 aromatic carbocycles. The predicted octanol–water partition coefficient (Wildman–Crippen LogP) is 1.86. The lowest BCUT2D eigenvalue weighted by molar-refractivity contribution is 0.324. The van der Waals surface area contributed by atoms with Crippen LogP contribution >= 0.6 is 0 Å².